The summed E-state index contributed by atoms with van der Waals surface area (Å²) in [6.07, 6.45) is 3.36. The van der Waals surface area contributed by atoms with Crippen molar-refractivity contribution in [2.45, 2.75) is 13.0 Å². The van der Waals surface area contributed by atoms with Gasteiger partial charge >= 0.3 is 0 Å². The van der Waals surface area contributed by atoms with Gasteiger partial charge in [-0.05, 0) is 42.6 Å². The van der Waals surface area contributed by atoms with Gasteiger partial charge in [0.1, 0.15) is 5.75 Å². The van der Waals surface area contributed by atoms with Gasteiger partial charge in [-0.1, -0.05) is 22.0 Å². The van der Waals surface area contributed by atoms with Crippen LogP contribution in [0.25, 0.3) is 6.08 Å². The Morgan fingerprint density at radius 2 is 2.18 bits per heavy atom. The number of methoxy groups -OCH3 is 1. The first-order valence-electron chi connectivity index (χ1n) is 6.84. The van der Waals surface area contributed by atoms with Gasteiger partial charge in [0.05, 0.1) is 13.2 Å². The van der Waals surface area contributed by atoms with Gasteiger partial charge in [-0.25, -0.2) is 0 Å². The van der Waals surface area contributed by atoms with Crippen LogP contribution in [0.2, 0.25) is 0 Å². The van der Waals surface area contributed by atoms with E-state index < -0.39 is 0 Å². The van der Waals surface area contributed by atoms with Crippen molar-refractivity contribution in [3.63, 3.8) is 0 Å². The molecule has 0 aliphatic carbocycles. The molecule has 1 heterocycles. The van der Waals surface area contributed by atoms with Gasteiger partial charge in [-0.15, -0.1) is 11.3 Å². The minimum Gasteiger partial charge on any atom is -0.496 e. The second kappa shape index (κ2) is 7.61. The first-order valence-corrected chi connectivity index (χ1v) is 8.52. The lowest BCUT2D eigenvalue weighted by Gasteiger charge is -2.22. The van der Waals surface area contributed by atoms with Crippen LogP contribution >= 0.6 is 27.3 Å². The molecule has 1 aromatic heterocycles. The summed E-state index contributed by atoms with van der Waals surface area (Å²) in [5, 5.41) is 2.02. The molecule has 0 bridgehead atoms. The molecule has 2 aromatic rings. The van der Waals surface area contributed by atoms with Crippen LogP contribution < -0.4 is 4.74 Å². The van der Waals surface area contributed by atoms with Gasteiger partial charge in [-0.2, -0.15) is 0 Å². The van der Waals surface area contributed by atoms with Crippen molar-refractivity contribution in [2.75, 3.05) is 14.2 Å². The lowest BCUT2D eigenvalue weighted by atomic mass is 10.1. The third-order valence-electron chi connectivity index (χ3n) is 3.48. The number of rotatable bonds is 5. The van der Waals surface area contributed by atoms with Gasteiger partial charge in [-0.3, -0.25) is 4.79 Å². The summed E-state index contributed by atoms with van der Waals surface area (Å²) in [4.78, 5) is 15.2. The van der Waals surface area contributed by atoms with Crippen LogP contribution in [0, 0.1) is 0 Å². The van der Waals surface area contributed by atoms with E-state index in [1.165, 1.54) is 4.88 Å². The Morgan fingerprint density at radius 3 is 2.82 bits per heavy atom. The van der Waals surface area contributed by atoms with Crippen LogP contribution in [0.5, 0.6) is 5.75 Å². The number of nitrogens with zero attached hydrogens (tertiary/aromatic N) is 1. The van der Waals surface area contributed by atoms with Gasteiger partial charge in [0.25, 0.3) is 0 Å². The summed E-state index contributed by atoms with van der Waals surface area (Å²) >= 11 is 5.08. The zero-order valence-electron chi connectivity index (χ0n) is 12.7. The van der Waals surface area contributed by atoms with E-state index in [1.54, 1.807) is 35.5 Å². The number of likely N-dealkylation sites (N-methyl/N-ethyl adjacent to an activating group) is 1. The summed E-state index contributed by atoms with van der Waals surface area (Å²) < 4.78 is 6.25. The SMILES string of the molecule is COc1ccc(Br)cc1C=CC(=O)N(C)C(C)c1cccs1. The lowest BCUT2D eigenvalue weighted by molar-refractivity contribution is -0.126. The number of carbonyl (C=O) groups is 1. The summed E-state index contributed by atoms with van der Waals surface area (Å²) in [5.74, 6) is 0.698. The number of benzene rings is 1. The highest BCUT2D eigenvalue weighted by atomic mass is 79.9. The smallest absolute Gasteiger partial charge is 0.246 e. The molecule has 22 heavy (non-hydrogen) atoms. The molecule has 0 saturated heterocycles. The van der Waals surface area contributed by atoms with Crippen molar-refractivity contribution in [3.8, 4) is 5.75 Å². The zero-order chi connectivity index (χ0) is 16.1. The Morgan fingerprint density at radius 1 is 1.41 bits per heavy atom. The van der Waals surface area contributed by atoms with E-state index in [4.69, 9.17) is 4.74 Å². The molecule has 1 atom stereocenters. The third-order valence-corrected chi connectivity index (χ3v) is 5.02. The number of amides is 1. The highest BCUT2D eigenvalue weighted by Crippen LogP contribution is 2.26. The first kappa shape index (κ1) is 16.8. The molecule has 0 saturated carbocycles. The Balaban J connectivity index is 2.12. The molecule has 3 nitrogen and oxygen atoms in total. The van der Waals surface area contributed by atoms with E-state index in [0.717, 1.165) is 15.8 Å². The van der Waals surface area contributed by atoms with E-state index in [2.05, 4.69) is 15.9 Å². The topological polar surface area (TPSA) is 29.5 Å². The number of hydrogen-bond donors (Lipinski definition) is 0. The highest BCUT2D eigenvalue weighted by Gasteiger charge is 2.16. The number of halogens is 1. The minimum atomic E-state index is -0.0390. The van der Waals surface area contributed by atoms with Crippen molar-refractivity contribution in [2.24, 2.45) is 0 Å². The molecular weight excluding hydrogens is 362 g/mol. The Labute approximate surface area is 143 Å². The molecule has 0 aliphatic rings. The summed E-state index contributed by atoms with van der Waals surface area (Å²) in [7, 11) is 3.43. The quantitative estimate of drug-likeness (QED) is 0.701. The highest BCUT2D eigenvalue weighted by molar-refractivity contribution is 9.10. The maximum atomic E-state index is 12.3. The normalized spacial score (nSPS) is 12.4. The maximum absolute atomic E-state index is 12.3. The zero-order valence-corrected chi connectivity index (χ0v) is 15.1. The van der Waals surface area contributed by atoms with Crippen LogP contribution in [0.4, 0.5) is 0 Å². The fourth-order valence-corrected chi connectivity index (χ4v) is 3.23. The van der Waals surface area contributed by atoms with Crippen LogP contribution in [-0.2, 0) is 4.79 Å². The van der Waals surface area contributed by atoms with Crippen molar-refractivity contribution in [3.05, 3.63) is 56.7 Å². The molecule has 2 rings (SSSR count). The number of carbonyl (C=O) groups excluding carboxylic acids is 1. The minimum absolute atomic E-state index is 0.0390. The largest absolute Gasteiger partial charge is 0.496 e. The van der Waals surface area contributed by atoms with Crippen LogP contribution in [-0.4, -0.2) is 25.0 Å². The fourth-order valence-electron chi connectivity index (χ4n) is 2.02. The van der Waals surface area contributed by atoms with Gasteiger partial charge in [0.15, 0.2) is 0 Å². The Hall–Kier alpha value is -1.59. The average Bonchev–Trinajstić information content (AvgIpc) is 3.05. The Kier molecular flexibility index (Phi) is 5.80. The van der Waals surface area contributed by atoms with Crippen LogP contribution in [0.15, 0.2) is 46.3 Å². The molecule has 5 heteroatoms. The van der Waals surface area contributed by atoms with Gasteiger partial charge < -0.3 is 9.64 Å². The molecule has 1 amide bonds. The average molecular weight is 380 g/mol. The molecule has 1 unspecified atom stereocenters. The van der Waals surface area contributed by atoms with E-state index in [-0.39, 0.29) is 11.9 Å². The van der Waals surface area contributed by atoms with Crippen molar-refractivity contribution < 1.29 is 9.53 Å². The molecule has 0 N–H and O–H groups in total. The van der Waals surface area contributed by atoms with Crippen molar-refractivity contribution in [1.82, 2.24) is 4.90 Å². The van der Waals surface area contributed by atoms with E-state index >= 15 is 0 Å². The molecular formula is C17H18BrNO2S. The monoisotopic (exact) mass is 379 g/mol. The molecule has 116 valence electrons. The first-order chi connectivity index (χ1) is 10.5. The van der Waals surface area contributed by atoms with Gasteiger partial charge in [0.2, 0.25) is 5.91 Å². The lowest BCUT2D eigenvalue weighted by Crippen LogP contribution is -2.27. The second-order valence-electron chi connectivity index (χ2n) is 4.86. The second-order valence-corrected chi connectivity index (χ2v) is 6.76. The van der Waals surface area contributed by atoms with Crippen LogP contribution in [0.1, 0.15) is 23.4 Å². The summed E-state index contributed by atoms with van der Waals surface area (Å²) in [5.41, 5.74) is 0.863. The van der Waals surface area contributed by atoms with Crippen molar-refractivity contribution >= 4 is 39.2 Å². The molecule has 0 radical (unpaired) electrons. The van der Waals surface area contributed by atoms with Gasteiger partial charge in [0, 0.05) is 28.0 Å². The van der Waals surface area contributed by atoms with E-state index in [9.17, 15) is 4.79 Å². The van der Waals surface area contributed by atoms with E-state index in [0.29, 0.717) is 0 Å². The summed E-state index contributed by atoms with van der Waals surface area (Å²) in [6.45, 7) is 2.03. The fraction of sp³-hybridized carbons (Fsp3) is 0.235. The Bertz CT molecular complexity index is 667. The molecule has 1 aromatic carbocycles. The number of hydrogen-bond acceptors (Lipinski definition) is 3. The standard InChI is InChI=1S/C17H18BrNO2S/c1-12(16-5-4-10-22-16)19(2)17(20)9-6-13-11-14(18)7-8-15(13)21-3/h4-12H,1-3H3. The predicted molar refractivity (Wildman–Crippen MR) is 95.2 cm³/mol. The van der Waals surface area contributed by atoms with E-state index in [1.807, 2.05) is 49.7 Å². The molecule has 0 aliphatic heterocycles. The van der Waals surface area contributed by atoms with Crippen LogP contribution in [0.3, 0.4) is 0 Å². The number of ether oxygens (including phenoxy) is 1. The predicted octanol–water partition coefficient (Wildman–Crippen LogP) is 4.75. The number of thiophene rings is 1. The van der Waals surface area contributed by atoms with Crippen molar-refractivity contribution in [1.29, 1.82) is 0 Å². The molecule has 0 spiro atoms. The maximum Gasteiger partial charge on any atom is 0.246 e. The summed E-state index contributed by atoms with van der Waals surface area (Å²) in [6, 6.07) is 9.79. The third kappa shape index (κ3) is 3.99. The molecule has 0 fully saturated rings.